The minimum absolute atomic E-state index is 0.0706. The second-order valence-corrected chi connectivity index (χ2v) is 8.01. The van der Waals surface area contributed by atoms with E-state index in [1.165, 1.54) is 6.08 Å². The fourth-order valence-corrected chi connectivity index (χ4v) is 2.24. The second kappa shape index (κ2) is 6.55. The lowest BCUT2D eigenvalue weighted by molar-refractivity contribution is -0.201. The van der Waals surface area contributed by atoms with Crippen LogP contribution in [0.4, 0.5) is 4.79 Å². The number of esters is 1. The van der Waals surface area contributed by atoms with E-state index in [0.717, 1.165) is 5.57 Å². The molecule has 1 atom stereocenters. The van der Waals surface area contributed by atoms with E-state index in [4.69, 9.17) is 9.47 Å². The minimum atomic E-state index is -2.13. The molecule has 7 nitrogen and oxygen atoms in total. The van der Waals surface area contributed by atoms with Crippen molar-refractivity contribution in [3.8, 4) is 0 Å². The molecular weight excluding hydrogens is 314 g/mol. The molecule has 136 valence electrons. The molecule has 0 spiro atoms. The van der Waals surface area contributed by atoms with E-state index < -0.39 is 34.6 Å². The van der Waals surface area contributed by atoms with E-state index in [9.17, 15) is 19.6 Å². The van der Waals surface area contributed by atoms with E-state index in [2.05, 4.69) is 0 Å². The number of ether oxygens (including phenoxy) is 2. The Balaban J connectivity index is 3.27. The Morgan fingerprint density at radius 1 is 1.12 bits per heavy atom. The van der Waals surface area contributed by atoms with Gasteiger partial charge in [0.25, 0.3) is 0 Å². The normalized spacial score (nSPS) is 21.8. The quantitative estimate of drug-likeness (QED) is 0.359. The standard InChI is InChI=1S/C17H27NO6/c1-11-8-9-17(12(19)10-11,13(20)23-15(2,3)4)18(22)14(21)24-16(5,6)7/h10,22H,8-9H2,1-7H3. The molecule has 0 radical (unpaired) electrons. The van der Waals surface area contributed by atoms with Gasteiger partial charge in [0, 0.05) is 0 Å². The van der Waals surface area contributed by atoms with Crippen molar-refractivity contribution in [2.45, 2.75) is 78.0 Å². The molecular formula is C17H27NO6. The van der Waals surface area contributed by atoms with Crippen molar-refractivity contribution in [1.29, 1.82) is 0 Å². The smallest absolute Gasteiger partial charge is 0.435 e. The lowest BCUT2D eigenvalue weighted by Crippen LogP contribution is -2.63. The van der Waals surface area contributed by atoms with Crippen molar-refractivity contribution in [3.05, 3.63) is 11.6 Å². The fraction of sp³-hybridized carbons (Fsp3) is 0.706. The third kappa shape index (κ3) is 4.56. The number of carbonyl (C=O) groups is 3. The molecule has 0 fully saturated rings. The largest absolute Gasteiger partial charge is 0.458 e. The molecule has 1 rings (SSSR count). The number of hydroxylamine groups is 2. The fourth-order valence-electron chi connectivity index (χ4n) is 2.24. The topological polar surface area (TPSA) is 93.1 Å². The highest BCUT2D eigenvalue weighted by molar-refractivity contribution is 6.15. The summed E-state index contributed by atoms with van der Waals surface area (Å²) in [5, 5.41) is 10.5. The van der Waals surface area contributed by atoms with Gasteiger partial charge in [0.05, 0.1) is 0 Å². The predicted molar refractivity (Wildman–Crippen MR) is 86.4 cm³/mol. The van der Waals surface area contributed by atoms with Crippen LogP contribution in [0, 0.1) is 0 Å². The van der Waals surface area contributed by atoms with Crippen molar-refractivity contribution in [3.63, 3.8) is 0 Å². The van der Waals surface area contributed by atoms with Gasteiger partial charge in [-0.3, -0.25) is 10.0 Å². The maximum Gasteiger partial charge on any atom is 0.435 e. The van der Waals surface area contributed by atoms with Gasteiger partial charge < -0.3 is 9.47 Å². The van der Waals surface area contributed by atoms with E-state index in [1.54, 1.807) is 48.5 Å². The van der Waals surface area contributed by atoms with Gasteiger partial charge in [0.1, 0.15) is 11.2 Å². The van der Waals surface area contributed by atoms with Crippen molar-refractivity contribution < 1.29 is 29.1 Å². The Labute approximate surface area is 142 Å². The van der Waals surface area contributed by atoms with Crippen LogP contribution in [0.5, 0.6) is 0 Å². The summed E-state index contributed by atoms with van der Waals surface area (Å²) in [6.07, 6.45) is 0.375. The van der Waals surface area contributed by atoms with Gasteiger partial charge in [0.2, 0.25) is 5.54 Å². The molecule has 0 bridgehead atoms. The van der Waals surface area contributed by atoms with Crippen LogP contribution in [-0.2, 0) is 19.1 Å². The SMILES string of the molecule is CC1=CC(=O)C(C(=O)OC(C)(C)C)(N(O)C(=O)OC(C)(C)C)CC1. The van der Waals surface area contributed by atoms with Crippen LogP contribution < -0.4 is 0 Å². The van der Waals surface area contributed by atoms with Crippen LogP contribution >= 0.6 is 0 Å². The monoisotopic (exact) mass is 341 g/mol. The first-order chi connectivity index (χ1) is 10.7. The average Bonchev–Trinajstić information content (AvgIpc) is 2.34. The van der Waals surface area contributed by atoms with Crippen LogP contribution in [0.1, 0.15) is 61.3 Å². The molecule has 1 aliphatic carbocycles. The van der Waals surface area contributed by atoms with Gasteiger partial charge in [-0.1, -0.05) is 5.57 Å². The number of allylic oxidation sites excluding steroid dienone is 1. The average molecular weight is 341 g/mol. The summed E-state index contributed by atoms with van der Waals surface area (Å²) in [6.45, 7) is 11.5. The summed E-state index contributed by atoms with van der Waals surface area (Å²) in [6, 6.07) is 0. The highest BCUT2D eigenvalue weighted by Gasteiger charge is 2.56. The van der Waals surface area contributed by atoms with Crippen LogP contribution in [0.3, 0.4) is 0 Å². The Hall–Kier alpha value is -1.89. The Morgan fingerprint density at radius 2 is 1.62 bits per heavy atom. The number of hydrogen-bond acceptors (Lipinski definition) is 6. The summed E-state index contributed by atoms with van der Waals surface area (Å²) in [5.41, 5.74) is -3.14. The minimum Gasteiger partial charge on any atom is -0.458 e. The number of hydrogen-bond donors (Lipinski definition) is 1. The Bertz CT molecular complexity index is 567. The van der Waals surface area contributed by atoms with E-state index >= 15 is 0 Å². The first-order valence-corrected chi connectivity index (χ1v) is 7.86. The molecule has 0 aromatic carbocycles. The summed E-state index contributed by atoms with van der Waals surface area (Å²) in [4.78, 5) is 37.5. The zero-order chi connectivity index (χ0) is 18.9. The molecule has 0 heterocycles. The number of amides is 1. The lowest BCUT2D eigenvalue weighted by Gasteiger charge is -2.39. The molecule has 1 N–H and O–H groups in total. The summed E-state index contributed by atoms with van der Waals surface area (Å²) >= 11 is 0. The molecule has 0 aliphatic heterocycles. The molecule has 24 heavy (non-hydrogen) atoms. The molecule has 0 saturated heterocycles. The molecule has 1 aliphatic rings. The first kappa shape index (κ1) is 20.2. The van der Waals surface area contributed by atoms with Gasteiger partial charge in [-0.05, 0) is 67.4 Å². The van der Waals surface area contributed by atoms with Crippen molar-refractivity contribution >= 4 is 17.8 Å². The molecule has 1 unspecified atom stereocenters. The molecule has 0 aromatic rings. The van der Waals surface area contributed by atoms with Crippen LogP contribution in [0.15, 0.2) is 11.6 Å². The van der Waals surface area contributed by atoms with E-state index in [-0.39, 0.29) is 11.5 Å². The van der Waals surface area contributed by atoms with Crippen LogP contribution in [0.25, 0.3) is 0 Å². The van der Waals surface area contributed by atoms with Gasteiger partial charge in [-0.15, -0.1) is 0 Å². The van der Waals surface area contributed by atoms with E-state index in [0.29, 0.717) is 6.42 Å². The summed E-state index contributed by atoms with van der Waals surface area (Å²) in [7, 11) is 0. The zero-order valence-corrected chi connectivity index (χ0v) is 15.4. The van der Waals surface area contributed by atoms with Gasteiger partial charge >= 0.3 is 12.1 Å². The van der Waals surface area contributed by atoms with Crippen LogP contribution in [-0.4, -0.2) is 44.9 Å². The van der Waals surface area contributed by atoms with Crippen LogP contribution in [0.2, 0.25) is 0 Å². The van der Waals surface area contributed by atoms with Gasteiger partial charge in [0.15, 0.2) is 5.78 Å². The summed E-state index contributed by atoms with van der Waals surface area (Å²) < 4.78 is 10.4. The Kier molecular flexibility index (Phi) is 5.50. The third-order valence-electron chi connectivity index (χ3n) is 3.33. The molecule has 0 aromatic heterocycles. The second-order valence-electron chi connectivity index (χ2n) is 8.01. The van der Waals surface area contributed by atoms with Crippen molar-refractivity contribution in [2.75, 3.05) is 0 Å². The number of carbonyl (C=O) groups excluding carboxylic acids is 3. The van der Waals surface area contributed by atoms with Crippen molar-refractivity contribution in [2.24, 2.45) is 0 Å². The zero-order valence-electron chi connectivity index (χ0n) is 15.4. The third-order valence-corrected chi connectivity index (χ3v) is 3.33. The molecule has 7 heteroatoms. The predicted octanol–water partition coefficient (Wildman–Crippen LogP) is 3.00. The van der Waals surface area contributed by atoms with Gasteiger partial charge in [-0.25, -0.2) is 9.59 Å². The maximum absolute atomic E-state index is 12.7. The Morgan fingerprint density at radius 3 is 2.04 bits per heavy atom. The van der Waals surface area contributed by atoms with Crippen molar-refractivity contribution in [1.82, 2.24) is 5.06 Å². The number of rotatable bonds is 2. The molecule has 1 amide bonds. The highest BCUT2D eigenvalue weighted by atomic mass is 16.6. The first-order valence-electron chi connectivity index (χ1n) is 7.86. The summed E-state index contributed by atoms with van der Waals surface area (Å²) in [5.74, 6) is -1.68. The molecule has 0 saturated carbocycles. The number of nitrogens with zero attached hydrogens (tertiary/aromatic N) is 1. The highest BCUT2D eigenvalue weighted by Crippen LogP contribution is 2.33. The van der Waals surface area contributed by atoms with E-state index in [1.807, 2.05) is 0 Å². The maximum atomic E-state index is 12.7. The lowest BCUT2D eigenvalue weighted by atomic mass is 9.81. The number of ketones is 1. The van der Waals surface area contributed by atoms with Gasteiger partial charge in [-0.2, -0.15) is 5.06 Å².